The Morgan fingerprint density at radius 2 is 2.14 bits per heavy atom. The summed E-state index contributed by atoms with van der Waals surface area (Å²) >= 11 is 1.50. The Morgan fingerprint density at radius 3 is 2.71 bits per heavy atom. The Morgan fingerprint density at radius 1 is 1.43 bits per heavy atom. The van der Waals surface area contributed by atoms with Crippen LogP contribution in [0.4, 0.5) is 0 Å². The second-order valence-corrected chi connectivity index (χ2v) is 5.85. The quantitative estimate of drug-likeness (QED) is 0.943. The van der Waals surface area contributed by atoms with E-state index in [1.54, 1.807) is 16.7 Å². The van der Waals surface area contributed by atoms with Gasteiger partial charge in [0.05, 0.1) is 6.04 Å². The molecule has 2 aromatic heterocycles. The number of carbonyl (C=O) groups is 1. The fraction of sp³-hybridized carbons (Fsp3) is 0.400. The first-order valence-corrected chi connectivity index (χ1v) is 7.75. The van der Waals surface area contributed by atoms with Gasteiger partial charge in [0.2, 0.25) is 0 Å². The first-order chi connectivity index (χ1) is 9.93. The molecule has 2 rings (SSSR count). The molecule has 1 atom stereocenters. The molecule has 2 aromatic rings. The molecule has 0 radical (unpaired) electrons. The topological polar surface area (TPSA) is 64.0 Å². The van der Waals surface area contributed by atoms with Crippen LogP contribution in [0.5, 0.6) is 0 Å². The zero-order chi connectivity index (χ0) is 15.6. The number of hydrogen-bond donors (Lipinski definition) is 1. The highest BCUT2D eigenvalue weighted by molar-refractivity contribution is 7.09. The van der Waals surface area contributed by atoms with E-state index in [-0.39, 0.29) is 23.1 Å². The predicted molar refractivity (Wildman–Crippen MR) is 83.8 cm³/mol. The first kappa shape index (κ1) is 15.4. The van der Waals surface area contributed by atoms with E-state index in [0.717, 1.165) is 16.4 Å². The van der Waals surface area contributed by atoms with E-state index >= 15 is 0 Å². The van der Waals surface area contributed by atoms with Gasteiger partial charge < -0.3 is 9.88 Å². The fourth-order valence-corrected chi connectivity index (χ4v) is 2.95. The van der Waals surface area contributed by atoms with Crippen LogP contribution in [0.3, 0.4) is 0 Å². The molecule has 2 heterocycles. The first-order valence-electron chi connectivity index (χ1n) is 6.87. The number of carbonyl (C=O) groups excluding carboxylic acids is 1. The fourth-order valence-electron chi connectivity index (χ4n) is 2.14. The SMILES string of the molecule is CCn1c(C)ccc(C(=O)N[C@H](C)c2nc(C)cs2)c1=O. The number of aryl methyl sites for hydroxylation is 2. The monoisotopic (exact) mass is 305 g/mol. The number of hydrogen-bond acceptors (Lipinski definition) is 4. The molecule has 0 fully saturated rings. The molecule has 0 bridgehead atoms. The molecule has 0 saturated carbocycles. The molecular weight excluding hydrogens is 286 g/mol. The van der Waals surface area contributed by atoms with Crippen molar-refractivity contribution in [3.05, 3.63) is 49.8 Å². The Hall–Kier alpha value is -1.95. The Bertz CT molecular complexity index is 718. The highest BCUT2D eigenvalue weighted by Gasteiger charge is 2.17. The van der Waals surface area contributed by atoms with Crippen molar-refractivity contribution in [2.45, 2.75) is 40.3 Å². The van der Waals surface area contributed by atoms with Crippen LogP contribution in [-0.2, 0) is 6.54 Å². The molecule has 0 aliphatic carbocycles. The number of aromatic nitrogens is 2. The van der Waals surface area contributed by atoms with Gasteiger partial charge in [-0.1, -0.05) is 0 Å². The second-order valence-electron chi connectivity index (χ2n) is 4.96. The summed E-state index contributed by atoms with van der Waals surface area (Å²) in [6.07, 6.45) is 0. The van der Waals surface area contributed by atoms with Crippen molar-refractivity contribution in [3.63, 3.8) is 0 Å². The van der Waals surface area contributed by atoms with Gasteiger partial charge in [0, 0.05) is 23.3 Å². The number of rotatable bonds is 4. The van der Waals surface area contributed by atoms with Gasteiger partial charge in [-0.05, 0) is 39.8 Å². The molecule has 6 heteroatoms. The van der Waals surface area contributed by atoms with Gasteiger partial charge in [-0.2, -0.15) is 0 Å². The molecule has 0 saturated heterocycles. The zero-order valence-electron chi connectivity index (χ0n) is 12.6. The lowest BCUT2D eigenvalue weighted by atomic mass is 10.2. The standard InChI is InChI=1S/C15H19N3O2S/c1-5-18-10(3)6-7-12(15(18)20)13(19)17-11(4)14-16-9(2)8-21-14/h6-8,11H,5H2,1-4H3,(H,17,19)/t11-/m1/s1. The van der Waals surface area contributed by atoms with Gasteiger partial charge in [-0.3, -0.25) is 9.59 Å². The van der Waals surface area contributed by atoms with Crippen molar-refractivity contribution in [2.75, 3.05) is 0 Å². The van der Waals surface area contributed by atoms with E-state index in [4.69, 9.17) is 0 Å². The van der Waals surface area contributed by atoms with E-state index in [1.807, 2.05) is 33.1 Å². The van der Waals surface area contributed by atoms with Gasteiger partial charge in [-0.15, -0.1) is 11.3 Å². The van der Waals surface area contributed by atoms with Crippen LogP contribution in [0.15, 0.2) is 22.3 Å². The van der Waals surface area contributed by atoms with Crippen LogP contribution in [-0.4, -0.2) is 15.5 Å². The van der Waals surface area contributed by atoms with E-state index in [0.29, 0.717) is 6.54 Å². The normalized spacial score (nSPS) is 12.2. The number of amides is 1. The van der Waals surface area contributed by atoms with Crippen molar-refractivity contribution in [2.24, 2.45) is 0 Å². The minimum Gasteiger partial charge on any atom is -0.343 e. The zero-order valence-corrected chi connectivity index (χ0v) is 13.5. The third-order valence-corrected chi connectivity index (χ3v) is 4.45. The molecule has 0 spiro atoms. The van der Waals surface area contributed by atoms with Crippen LogP contribution in [0, 0.1) is 13.8 Å². The summed E-state index contributed by atoms with van der Waals surface area (Å²) in [4.78, 5) is 28.9. The summed E-state index contributed by atoms with van der Waals surface area (Å²) in [6.45, 7) is 8.06. The minimum absolute atomic E-state index is 0.169. The van der Waals surface area contributed by atoms with Crippen LogP contribution < -0.4 is 10.9 Å². The molecule has 112 valence electrons. The molecular formula is C15H19N3O2S. The average molecular weight is 305 g/mol. The lowest BCUT2D eigenvalue weighted by Gasteiger charge is -2.13. The van der Waals surface area contributed by atoms with Gasteiger partial charge in [0.25, 0.3) is 11.5 Å². The largest absolute Gasteiger partial charge is 0.343 e. The third-order valence-electron chi connectivity index (χ3n) is 3.31. The summed E-state index contributed by atoms with van der Waals surface area (Å²) in [5.74, 6) is -0.359. The molecule has 0 aliphatic rings. The van der Waals surface area contributed by atoms with Crippen molar-refractivity contribution < 1.29 is 4.79 Å². The highest BCUT2D eigenvalue weighted by Crippen LogP contribution is 2.17. The molecule has 1 amide bonds. The Kier molecular flexibility index (Phi) is 4.57. The van der Waals surface area contributed by atoms with Crippen LogP contribution in [0.1, 0.15) is 46.6 Å². The smallest absolute Gasteiger partial charge is 0.263 e. The molecule has 21 heavy (non-hydrogen) atoms. The number of pyridine rings is 1. The van der Waals surface area contributed by atoms with Crippen molar-refractivity contribution in [1.29, 1.82) is 0 Å². The number of thiazole rings is 1. The van der Waals surface area contributed by atoms with Crippen molar-refractivity contribution in [3.8, 4) is 0 Å². The maximum absolute atomic E-state index is 12.3. The Labute approximate surface area is 127 Å². The summed E-state index contributed by atoms with van der Waals surface area (Å²) in [5, 5.41) is 5.61. The maximum atomic E-state index is 12.3. The molecule has 5 nitrogen and oxygen atoms in total. The van der Waals surface area contributed by atoms with Gasteiger partial charge in [-0.25, -0.2) is 4.98 Å². The Balaban J connectivity index is 2.23. The minimum atomic E-state index is -0.359. The maximum Gasteiger partial charge on any atom is 0.263 e. The van der Waals surface area contributed by atoms with Crippen LogP contribution in [0.25, 0.3) is 0 Å². The van der Waals surface area contributed by atoms with Crippen LogP contribution in [0.2, 0.25) is 0 Å². The summed E-state index contributed by atoms with van der Waals surface area (Å²) in [7, 11) is 0. The van der Waals surface area contributed by atoms with E-state index < -0.39 is 0 Å². The second kappa shape index (κ2) is 6.22. The predicted octanol–water partition coefficient (Wildman–Crippen LogP) is 2.43. The lowest BCUT2D eigenvalue weighted by Crippen LogP contribution is -2.34. The summed E-state index contributed by atoms with van der Waals surface area (Å²) < 4.78 is 1.59. The summed E-state index contributed by atoms with van der Waals surface area (Å²) in [5.41, 5.74) is 1.70. The number of nitrogens with zero attached hydrogens (tertiary/aromatic N) is 2. The van der Waals surface area contributed by atoms with E-state index in [1.165, 1.54) is 11.3 Å². The molecule has 0 unspecified atom stereocenters. The molecule has 0 aliphatic heterocycles. The third kappa shape index (κ3) is 3.21. The van der Waals surface area contributed by atoms with Crippen molar-refractivity contribution in [1.82, 2.24) is 14.9 Å². The highest BCUT2D eigenvalue weighted by atomic mass is 32.1. The average Bonchev–Trinajstić information content (AvgIpc) is 2.86. The van der Waals surface area contributed by atoms with Gasteiger partial charge in [0.15, 0.2) is 0 Å². The lowest BCUT2D eigenvalue weighted by molar-refractivity contribution is 0.0937. The van der Waals surface area contributed by atoms with Gasteiger partial charge in [0.1, 0.15) is 10.6 Å². The summed E-state index contributed by atoms with van der Waals surface area (Å²) in [6, 6.07) is 3.16. The molecule has 1 N–H and O–H groups in total. The van der Waals surface area contributed by atoms with Crippen LogP contribution >= 0.6 is 11.3 Å². The van der Waals surface area contributed by atoms with E-state index in [2.05, 4.69) is 10.3 Å². The van der Waals surface area contributed by atoms with Gasteiger partial charge >= 0.3 is 0 Å². The van der Waals surface area contributed by atoms with E-state index in [9.17, 15) is 9.59 Å². The van der Waals surface area contributed by atoms with Crippen molar-refractivity contribution >= 4 is 17.2 Å². The number of nitrogens with one attached hydrogen (secondary N) is 1. The molecule has 0 aromatic carbocycles.